The van der Waals surface area contributed by atoms with Gasteiger partial charge in [-0.1, -0.05) is 12.1 Å². The van der Waals surface area contributed by atoms with Crippen LogP contribution in [-0.4, -0.2) is 37.1 Å². The first-order chi connectivity index (χ1) is 12.8. The van der Waals surface area contributed by atoms with Crippen LogP contribution in [0.5, 0.6) is 5.75 Å². The Morgan fingerprint density at radius 2 is 1.85 bits per heavy atom. The van der Waals surface area contributed by atoms with Gasteiger partial charge in [-0.15, -0.1) is 0 Å². The highest BCUT2D eigenvalue weighted by atomic mass is 16.5. The Morgan fingerprint density at radius 3 is 2.44 bits per heavy atom. The minimum atomic E-state index is -0.745. The SMILES string of the molecule is COc1cccc2cc(C(=O)Nc3c(C)nc(N(C)C)nc3C)c(=O)oc12. The predicted octanol–water partition coefficient (Wildman–Crippen LogP) is 2.53. The number of benzene rings is 1. The molecule has 0 saturated carbocycles. The average Bonchev–Trinajstić information content (AvgIpc) is 2.63. The number of nitrogens with one attached hydrogen (secondary N) is 1. The number of amides is 1. The lowest BCUT2D eigenvalue weighted by molar-refractivity contribution is 0.102. The van der Waals surface area contributed by atoms with E-state index in [1.54, 1.807) is 36.9 Å². The van der Waals surface area contributed by atoms with Gasteiger partial charge in [0.15, 0.2) is 11.3 Å². The maximum Gasteiger partial charge on any atom is 0.349 e. The molecule has 0 unspecified atom stereocenters. The van der Waals surface area contributed by atoms with Crippen molar-refractivity contribution in [3.63, 3.8) is 0 Å². The summed E-state index contributed by atoms with van der Waals surface area (Å²) in [6.45, 7) is 3.54. The molecule has 27 heavy (non-hydrogen) atoms. The first-order valence-corrected chi connectivity index (χ1v) is 8.26. The van der Waals surface area contributed by atoms with Crippen LogP contribution >= 0.6 is 0 Å². The van der Waals surface area contributed by atoms with Gasteiger partial charge in [0.2, 0.25) is 5.95 Å². The smallest absolute Gasteiger partial charge is 0.349 e. The highest BCUT2D eigenvalue weighted by molar-refractivity contribution is 6.06. The minimum absolute atomic E-state index is 0.105. The molecule has 1 amide bonds. The molecule has 0 saturated heterocycles. The molecule has 1 N–H and O–H groups in total. The number of para-hydroxylation sites is 1. The van der Waals surface area contributed by atoms with E-state index in [9.17, 15) is 9.59 Å². The van der Waals surface area contributed by atoms with E-state index in [1.807, 2.05) is 14.1 Å². The summed E-state index contributed by atoms with van der Waals surface area (Å²) in [7, 11) is 5.15. The summed E-state index contributed by atoms with van der Waals surface area (Å²) in [4.78, 5) is 35.5. The van der Waals surface area contributed by atoms with Crippen molar-refractivity contribution in [2.24, 2.45) is 0 Å². The van der Waals surface area contributed by atoms with Gasteiger partial charge in [-0.25, -0.2) is 14.8 Å². The van der Waals surface area contributed by atoms with E-state index in [-0.39, 0.29) is 5.56 Å². The van der Waals surface area contributed by atoms with Gasteiger partial charge in [0, 0.05) is 19.5 Å². The third kappa shape index (κ3) is 3.46. The van der Waals surface area contributed by atoms with E-state index in [0.29, 0.717) is 39.7 Å². The number of ether oxygens (including phenoxy) is 1. The largest absolute Gasteiger partial charge is 0.493 e. The van der Waals surface area contributed by atoms with E-state index in [4.69, 9.17) is 9.15 Å². The maximum atomic E-state index is 12.7. The summed E-state index contributed by atoms with van der Waals surface area (Å²) in [5.41, 5.74) is 1.12. The number of anilines is 2. The number of methoxy groups -OCH3 is 1. The predicted molar refractivity (Wildman–Crippen MR) is 103 cm³/mol. The second kappa shape index (κ2) is 7.06. The Morgan fingerprint density at radius 1 is 1.19 bits per heavy atom. The van der Waals surface area contributed by atoms with Crippen LogP contribution < -0.4 is 20.6 Å². The number of hydrogen-bond acceptors (Lipinski definition) is 7. The second-order valence-corrected chi connectivity index (χ2v) is 6.24. The van der Waals surface area contributed by atoms with Crippen LogP contribution in [0.3, 0.4) is 0 Å². The molecule has 0 atom stereocenters. The number of aromatic nitrogens is 2. The Hall–Kier alpha value is -3.42. The van der Waals surface area contributed by atoms with Crippen LogP contribution in [0.2, 0.25) is 0 Å². The van der Waals surface area contributed by atoms with Crippen LogP contribution in [-0.2, 0) is 0 Å². The molecule has 0 bridgehead atoms. The molecule has 3 aromatic rings. The lowest BCUT2D eigenvalue weighted by Crippen LogP contribution is -2.23. The zero-order valence-electron chi connectivity index (χ0n) is 15.8. The van der Waals surface area contributed by atoms with Gasteiger partial charge < -0.3 is 19.4 Å². The summed E-state index contributed by atoms with van der Waals surface area (Å²) in [5, 5.41) is 3.31. The van der Waals surface area contributed by atoms with E-state index >= 15 is 0 Å². The number of carbonyl (C=O) groups excluding carboxylic acids is 1. The van der Waals surface area contributed by atoms with E-state index in [1.165, 1.54) is 13.2 Å². The zero-order chi connectivity index (χ0) is 19.7. The molecule has 8 heteroatoms. The summed E-state index contributed by atoms with van der Waals surface area (Å²) in [6.07, 6.45) is 0. The Kier molecular flexibility index (Phi) is 4.81. The first-order valence-electron chi connectivity index (χ1n) is 8.26. The fraction of sp³-hybridized carbons (Fsp3) is 0.263. The van der Waals surface area contributed by atoms with Gasteiger partial charge >= 0.3 is 5.63 Å². The Balaban J connectivity index is 2.00. The summed E-state index contributed by atoms with van der Waals surface area (Å²) in [5.74, 6) is 0.386. The average molecular weight is 368 g/mol. The molecule has 8 nitrogen and oxygen atoms in total. The van der Waals surface area contributed by atoms with Crippen molar-refractivity contribution in [2.45, 2.75) is 13.8 Å². The number of rotatable bonds is 4. The third-order valence-electron chi connectivity index (χ3n) is 4.09. The molecule has 0 aliphatic heterocycles. The summed E-state index contributed by atoms with van der Waals surface area (Å²) < 4.78 is 10.5. The van der Waals surface area contributed by atoms with Gasteiger partial charge in [-0.3, -0.25) is 4.79 Å². The van der Waals surface area contributed by atoms with Crippen LogP contribution in [0.4, 0.5) is 11.6 Å². The normalized spacial score (nSPS) is 10.7. The molecule has 1 aromatic carbocycles. The molecule has 3 rings (SSSR count). The fourth-order valence-corrected chi connectivity index (χ4v) is 2.70. The Labute approximate surface area is 155 Å². The highest BCUT2D eigenvalue weighted by Crippen LogP contribution is 2.25. The van der Waals surface area contributed by atoms with Gasteiger partial charge in [0.25, 0.3) is 5.91 Å². The second-order valence-electron chi connectivity index (χ2n) is 6.24. The summed E-state index contributed by atoms with van der Waals surface area (Å²) in [6, 6.07) is 6.66. The van der Waals surface area contributed by atoms with Crippen molar-refractivity contribution < 1.29 is 13.9 Å². The highest BCUT2D eigenvalue weighted by Gasteiger charge is 2.18. The molecule has 0 spiro atoms. The van der Waals surface area contributed by atoms with Crippen molar-refractivity contribution in [3.05, 3.63) is 51.6 Å². The molecule has 0 aliphatic rings. The molecule has 2 aromatic heterocycles. The van der Waals surface area contributed by atoms with E-state index in [0.717, 1.165) is 0 Å². The first kappa shape index (κ1) is 18.4. The van der Waals surface area contributed by atoms with Crippen LogP contribution in [0, 0.1) is 13.8 Å². The van der Waals surface area contributed by atoms with Crippen LogP contribution in [0.25, 0.3) is 11.0 Å². The van der Waals surface area contributed by atoms with Gasteiger partial charge in [-0.2, -0.15) is 0 Å². The van der Waals surface area contributed by atoms with E-state index in [2.05, 4.69) is 15.3 Å². The molecule has 0 aliphatic carbocycles. The lowest BCUT2D eigenvalue weighted by Gasteiger charge is -2.15. The zero-order valence-corrected chi connectivity index (χ0v) is 15.8. The summed E-state index contributed by atoms with van der Waals surface area (Å²) >= 11 is 0. The van der Waals surface area contributed by atoms with Gasteiger partial charge in [-0.05, 0) is 26.0 Å². The molecule has 0 fully saturated rings. The molecule has 140 valence electrons. The molecule has 0 radical (unpaired) electrons. The van der Waals surface area contributed by atoms with Gasteiger partial charge in [0.05, 0.1) is 24.2 Å². The number of aryl methyl sites for hydroxylation is 2. The van der Waals surface area contributed by atoms with Crippen LogP contribution in [0.15, 0.2) is 33.5 Å². The monoisotopic (exact) mass is 368 g/mol. The van der Waals surface area contributed by atoms with Crippen molar-refractivity contribution in [2.75, 3.05) is 31.4 Å². The molecular weight excluding hydrogens is 348 g/mol. The fourth-order valence-electron chi connectivity index (χ4n) is 2.70. The van der Waals surface area contributed by atoms with Crippen molar-refractivity contribution in [1.29, 1.82) is 0 Å². The van der Waals surface area contributed by atoms with E-state index < -0.39 is 11.5 Å². The lowest BCUT2D eigenvalue weighted by atomic mass is 10.1. The number of fused-ring (bicyclic) bond motifs is 1. The Bertz CT molecular complexity index is 1070. The standard InChI is InChI=1S/C19H20N4O4/c1-10-15(11(2)21-19(20-10)23(3)4)22-17(24)13-9-12-7-6-8-14(26-5)16(12)27-18(13)25/h6-9H,1-5H3,(H,22,24). The number of nitrogens with zero attached hydrogens (tertiary/aromatic N) is 3. The minimum Gasteiger partial charge on any atom is -0.493 e. The quantitative estimate of drug-likeness (QED) is 0.707. The van der Waals surface area contributed by atoms with Crippen molar-refractivity contribution in [3.8, 4) is 5.75 Å². The van der Waals surface area contributed by atoms with Gasteiger partial charge in [0.1, 0.15) is 5.56 Å². The molecule has 2 heterocycles. The molecular formula is C19H20N4O4. The van der Waals surface area contributed by atoms with Crippen molar-refractivity contribution in [1.82, 2.24) is 9.97 Å². The maximum absolute atomic E-state index is 12.7. The van der Waals surface area contributed by atoms with Crippen LogP contribution in [0.1, 0.15) is 21.7 Å². The number of hydrogen-bond donors (Lipinski definition) is 1. The third-order valence-corrected chi connectivity index (χ3v) is 4.09. The topological polar surface area (TPSA) is 97.6 Å². The van der Waals surface area contributed by atoms with Crippen molar-refractivity contribution >= 4 is 28.5 Å². The number of carbonyl (C=O) groups is 1.